The van der Waals surface area contributed by atoms with Gasteiger partial charge in [0.25, 0.3) is 0 Å². The van der Waals surface area contributed by atoms with Gasteiger partial charge in [0.15, 0.2) is 17.2 Å². The molecular formula is C17H14F3N7. The van der Waals surface area contributed by atoms with Gasteiger partial charge in [-0.05, 0) is 12.1 Å². The van der Waals surface area contributed by atoms with E-state index in [1.165, 1.54) is 16.8 Å². The maximum absolute atomic E-state index is 13.0. The number of rotatable bonds is 2. The minimum absolute atomic E-state index is 0.175. The third-order valence-corrected chi connectivity index (χ3v) is 4.43. The number of hydrogen-bond acceptors (Lipinski definition) is 6. The number of anilines is 2. The highest BCUT2D eigenvalue weighted by atomic mass is 19.4. The summed E-state index contributed by atoms with van der Waals surface area (Å²) in [5.74, 6) is 1.03. The molecule has 7 nitrogen and oxygen atoms in total. The minimum Gasteiger partial charge on any atom is -0.352 e. The molecule has 27 heavy (non-hydrogen) atoms. The molecule has 0 atom stereocenters. The Hall–Kier alpha value is -3.35. The van der Waals surface area contributed by atoms with Crippen LogP contribution in [0, 0.1) is 11.3 Å². The van der Waals surface area contributed by atoms with Crippen molar-refractivity contribution >= 4 is 17.3 Å². The first-order valence-corrected chi connectivity index (χ1v) is 8.23. The Morgan fingerprint density at radius 3 is 2.33 bits per heavy atom. The van der Waals surface area contributed by atoms with Crippen LogP contribution in [0.2, 0.25) is 0 Å². The Morgan fingerprint density at radius 1 is 1.00 bits per heavy atom. The number of piperazine rings is 1. The molecule has 1 saturated heterocycles. The number of hydrogen-bond donors (Lipinski definition) is 0. The zero-order chi connectivity index (χ0) is 19.0. The first-order chi connectivity index (χ1) is 13.0. The van der Waals surface area contributed by atoms with Gasteiger partial charge in [0, 0.05) is 51.0 Å². The third-order valence-electron chi connectivity index (χ3n) is 4.43. The quantitative estimate of drug-likeness (QED) is 0.687. The molecule has 1 fully saturated rings. The lowest BCUT2D eigenvalue weighted by atomic mass is 10.2. The van der Waals surface area contributed by atoms with Crippen LogP contribution in [0.15, 0.2) is 36.9 Å². The van der Waals surface area contributed by atoms with Crippen LogP contribution in [0.3, 0.4) is 0 Å². The van der Waals surface area contributed by atoms with Gasteiger partial charge in [-0.2, -0.15) is 18.4 Å². The summed E-state index contributed by atoms with van der Waals surface area (Å²) in [6.07, 6.45) is 1.00. The van der Waals surface area contributed by atoms with E-state index in [0.29, 0.717) is 43.4 Å². The van der Waals surface area contributed by atoms with Crippen LogP contribution < -0.4 is 9.80 Å². The van der Waals surface area contributed by atoms with E-state index < -0.39 is 11.9 Å². The molecule has 0 amide bonds. The first-order valence-electron chi connectivity index (χ1n) is 8.23. The summed E-state index contributed by atoms with van der Waals surface area (Å²) in [5, 5.41) is 9.23. The maximum atomic E-state index is 13.0. The van der Waals surface area contributed by atoms with Crippen LogP contribution in [-0.2, 0) is 6.18 Å². The van der Waals surface area contributed by atoms with Gasteiger partial charge >= 0.3 is 6.18 Å². The molecule has 0 aliphatic carbocycles. The minimum atomic E-state index is -4.51. The Morgan fingerprint density at radius 2 is 1.67 bits per heavy atom. The van der Waals surface area contributed by atoms with Crippen molar-refractivity contribution in [3.63, 3.8) is 0 Å². The van der Waals surface area contributed by atoms with Gasteiger partial charge in [-0.3, -0.25) is 0 Å². The van der Waals surface area contributed by atoms with E-state index in [0.717, 1.165) is 6.20 Å². The van der Waals surface area contributed by atoms with E-state index in [4.69, 9.17) is 0 Å². The predicted molar refractivity (Wildman–Crippen MR) is 91.4 cm³/mol. The van der Waals surface area contributed by atoms with Crippen molar-refractivity contribution in [1.29, 1.82) is 5.26 Å². The number of nitrogens with zero attached hydrogens (tertiary/aromatic N) is 7. The average molecular weight is 373 g/mol. The fourth-order valence-electron chi connectivity index (χ4n) is 3.13. The number of nitriles is 1. The highest BCUT2D eigenvalue weighted by Crippen LogP contribution is 2.30. The number of halogens is 3. The standard InChI is InChI=1S/C17H14F3N7/c18-17(19,20)13-11-27-5-4-23-15(16(27)24-13)26-8-6-25(7-9-26)14-12(10-21)2-1-3-22-14/h1-5,11H,6-9H2. The van der Waals surface area contributed by atoms with E-state index in [1.807, 2.05) is 9.80 Å². The summed E-state index contributed by atoms with van der Waals surface area (Å²) in [4.78, 5) is 16.1. The monoisotopic (exact) mass is 373 g/mol. The normalized spacial score (nSPS) is 15.2. The third kappa shape index (κ3) is 3.12. The van der Waals surface area contributed by atoms with E-state index in [2.05, 4.69) is 21.0 Å². The van der Waals surface area contributed by atoms with Crippen molar-refractivity contribution in [2.75, 3.05) is 36.0 Å². The van der Waals surface area contributed by atoms with Crippen molar-refractivity contribution in [3.05, 3.63) is 48.2 Å². The van der Waals surface area contributed by atoms with Gasteiger partial charge < -0.3 is 14.2 Å². The average Bonchev–Trinajstić information content (AvgIpc) is 3.13. The second kappa shape index (κ2) is 6.42. The molecule has 1 aliphatic rings. The summed E-state index contributed by atoms with van der Waals surface area (Å²) in [6.45, 7) is 2.20. The van der Waals surface area contributed by atoms with Crippen molar-refractivity contribution in [3.8, 4) is 6.07 Å². The van der Waals surface area contributed by atoms with Gasteiger partial charge in [0.1, 0.15) is 11.9 Å². The Balaban J connectivity index is 1.58. The highest BCUT2D eigenvalue weighted by molar-refractivity contribution is 5.65. The van der Waals surface area contributed by atoms with Crippen LogP contribution in [0.4, 0.5) is 24.8 Å². The summed E-state index contributed by atoms with van der Waals surface area (Å²) in [5.41, 5.74) is -0.273. The molecule has 4 rings (SSSR count). The number of fused-ring (bicyclic) bond motifs is 1. The number of pyridine rings is 1. The molecular weight excluding hydrogens is 359 g/mol. The van der Waals surface area contributed by atoms with Crippen LogP contribution >= 0.6 is 0 Å². The lowest BCUT2D eigenvalue weighted by Gasteiger charge is -2.36. The predicted octanol–water partition coefficient (Wildman–Crippen LogP) is 2.34. The second-order valence-electron chi connectivity index (χ2n) is 6.07. The van der Waals surface area contributed by atoms with Crippen LogP contribution in [-0.4, -0.2) is 45.5 Å². The molecule has 0 N–H and O–H groups in total. The fourth-order valence-corrected chi connectivity index (χ4v) is 3.13. The zero-order valence-corrected chi connectivity index (χ0v) is 14.1. The smallest absolute Gasteiger partial charge is 0.352 e. The molecule has 0 saturated carbocycles. The van der Waals surface area contributed by atoms with E-state index in [9.17, 15) is 18.4 Å². The topological polar surface area (TPSA) is 73.4 Å². The van der Waals surface area contributed by atoms with Gasteiger partial charge in [-0.15, -0.1) is 0 Å². The molecule has 138 valence electrons. The van der Waals surface area contributed by atoms with Crippen LogP contribution in [0.1, 0.15) is 11.3 Å². The molecule has 0 bridgehead atoms. The summed E-state index contributed by atoms with van der Waals surface area (Å²) < 4.78 is 40.2. The Kier molecular flexibility index (Phi) is 4.07. The van der Waals surface area contributed by atoms with E-state index >= 15 is 0 Å². The molecule has 3 aromatic heterocycles. The lowest BCUT2D eigenvalue weighted by Crippen LogP contribution is -2.47. The fraction of sp³-hybridized carbons (Fsp3) is 0.294. The van der Waals surface area contributed by atoms with Gasteiger partial charge in [-0.1, -0.05) is 0 Å². The maximum Gasteiger partial charge on any atom is 0.434 e. The highest BCUT2D eigenvalue weighted by Gasteiger charge is 2.34. The SMILES string of the molecule is N#Cc1cccnc1N1CCN(c2nccn3cc(C(F)(F)F)nc23)CC1. The molecule has 0 radical (unpaired) electrons. The Bertz CT molecular complexity index is 1010. The van der Waals surface area contributed by atoms with E-state index in [-0.39, 0.29) is 5.65 Å². The molecule has 1 aliphatic heterocycles. The first kappa shape index (κ1) is 17.1. The van der Waals surface area contributed by atoms with Crippen molar-refractivity contribution in [2.45, 2.75) is 6.18 Å². The van der Waals surface area contributed by atoms with Gasteiger partial charge in [-0.25, -0.2) is 15.0 Å². The van der Waals surface area contributed by atoms with Gasteiger partial charge in [0.05, 0.1) is 5.56 Å². The largest absolute Gasteiger partial charge is 0.434 e. The number of imidazole rings is 1. The molecule has 0 aromatic carbocycles. The molecule has 3 aromatic rings. The number of aromatic nitrogens is 4. The Labute approximate surface area is 152 Å². The molecule has 0 unspecified atom stereocenters. The second-order valence-corrected chi connectivity index (χ2v) is 6.07. The molecule has 0 spiro atoms. The van der Waals surface area contributed by atoms with Crippen molar-refractivity contribution in [2.24, 2.45) is 0 Å². The molecule has 10 heteroatoms. The van der Waals surface area contributed by atoms with Crippen molar-refractivity contribution < 1.29 is 13.2 Å². The number of alkyl halides is 3. The molecule has 4 heterocycles. The van der Waals surface area contributed by atoms with E-state index in [1.54, 1.807) is 18.3 Å². The lowest BCUT2D eigenvalue weighted by molar-refractivity contribution is -0.140. The van der Waals surface area contributed by atoms with Gasteiger partial charge in [0.2, 0.25) is 0 Å². The zero-order valence-electron chi connectivity index (χ0n) is 14.1. The van der Waals surface area contributed by atoms with Crippen molar-refractivity contribution in [1.82, 2.24) is 19.4 Å². The summed E-state index contributed by atoms with van der Waals surface area (Å²) in [7, 11) is 0. The summed E-state index contributed by atoms with van der Waals surface area (Å²) in [6, 6.07) is 5.54. The summed E-state index contributed by atoms with van der Waals surface area (Å²) >= 11 is 0. The van der Waals surface area contributed by atoms with Crippen LogP contribution in [0.5, 0.6) is 0 Å². The van der Waals surface area contributed by atoms with Crippen LogP contribution in [0.25, 0.3) is 5.65 Å².